The SMILES string of the molecule is OC(c1ccc(-c2ccccc2)cc1)(c1cccs1)C(F)F. The molecule has 0 aliphatic rings. The third-order valence-electron chi connectivity index (χ3n) is 3.64. The Kier molecular flexibility index (Phi) is 4.05. The highest BCUT2D eigenvalue weighted by atomic mass is 32.1. The Morgan fingerprint density at radius 2 is 1.45 bits per heavy atom. The molecule has 0 saturated carbocycles. The smallest absolute Gasteiger partial charge is 0.275 e. The van der Waals surface area contributed by atoms with Crippen molar-refractivity contribution in [1.29, 1.82) is 0 Å². The Balaban J connectivity index is 2.01. The molecule has 1 aromatic heterocycles. The summed E-state index contributed by atoms with van der Waals surface area (Å²) in [6.07, 6.45) is -2.89. The van der Waals surface area contributed by atoms with Crippen LogP contribution in [0.2, 0.25) is 0 Å². The van der Waals surface area contributed by atoms with Crippen molar-refractivity contribution in [3.8, 4) is 11.1 Å². The summed E-state index contributed by atoms with van der Waals surface area (Å²) >= 11 is 1.12. The number of halogens is 2. The van der Waals surface area contributed by atoms with Gasteiger partial charge in [0.25, 0.3) is 6.43 Å². The van der Waals surface area contributed by atoms with Crippen LogP contribution >= 0.6 is 11.3 Å². The first-order chi connectivity index (χ1) is 10.6. The molecule has 0 aliphatic carbocycles. The van der Waals surface area contributed by atoms with Crippen molar-refractivity contribution in [2.75, 3.05) is 0 Å². The van der Waals surface area contributed by atoms with Crippen molar-refractivity contribution in [2.24, 2.45) is 0 Å². The molecule has 4 heteroatoms. The lowest BCUT2D eigenvalue weighted by atomic mass is 9.91. The molecule has 1 atom stereocenters. The van der Waals surface area contributed by atoms with Crippen molar-refractivity contribution in [3.63, 3.8) is 0 Å². The van der Waals surface area contributed by atoms with Gasteiger partial charge in [-0.25, -0.2) is 8.78 Å². The number of hydrogen-bond donors (Lipinski definition) is 1. The molecule has 1 unspecified atom stereocenters. The number of aliphatic hydroxyl groups is 1. The van der Waals surface area contributed by atoms with E-state index in [1.165, 1.54) is 6.07 Å². The molecule has 0 spiro atoms. The molecule has 0 saturated heterocycles. The van der Waals surface area contributed by atoms with Gasteiger partial charge >= 0.3 is 0 Å². The van der Waals surface area contributed by atoms with Crippen molar-refractivity contribution in [1.82, 2.24) is 0 Å². The second-order valence-electron chi connectivity index (χ2n) is 4.99. The largest absolute Gasteiger partial charge is 0.374 e. The zero-order chi connectivity index (χ0) is 15.6. The van der Waals surface area contributed by atoms with Gasteiger partial charge in [-0.1, -0.05) is 60.7 Å². The lowest BCUT2D eigenvalue weighted by Gasteiger charge is -2.26. The number of alkyl halides is 2. The van der Waals surface area contributed by atoms with Crippen LogP contribution in [-0.4, -0.2) is 11.5 Å². The second-order valence-corrected chi connectivity index (χ2v) is 5.94. The van der Waals surface area contributed by atoms with E-state index < -0.39 is 12.0 Å². The molecule has 1 N–H and O–H groups in total. The first kappa shape index (κ1) is 14.9. The van der Waals surface area contributed by atoms with Gasteiger partial charge in [-0.05, 0) is 28.1 Å². The second kappa shape index (κ2) is 5.99. The summed E-state index contributed by atoms with van der Waals surface area (Å²) in [5.74, 6) is 0. The minimum Gasteiger partial charge on any atom is -0.374 e. The van der Waals surface area contributed by atoms with Crippen molar-refractivity contribution < 1.29 is 13.9 Å². The molecular formula is C18H14F2OS. The van der Waals surface area contributed by atoms with Gasteiger partial charge in [0.05, 0.1) is 0 Å². The monoisotopic (exact) mass is 316 g/mol. The van der Waals surface area contributed by atoms with E-state index in [1.807, 2.05) is 30.3 Å². The molecule has 112 valence electrons. The molecule has 0 radical (unpaired) electrons. The molecule has 2 aromatic carbocycles. The lowest BCUT2D eigenvalue weighted by molar-refractivity contribution is -0.0694. The highest BCUT2D eigenvalue weighted by molar-refractivity contribution is 7.10. The summed E-state index contributed by atoms with van der Waals surface area (Å²) in [5.41, 5.74) is -0.133. The van der Waals surface area contributed by atoms with Gasteiger partial charge in [-0.15, -0.1) is 11.3 Å². The van der Waals surface area contributed by atoms with Crippen molar-refractivity contribution in [2.45, 2.75) is 12.0 Å². The summed E-state index contributed by atoms with van der Waals surface area (Å²) in [5, 5.41) is 12.2. The number of rotatable bonds is 4. The molecule has 1 heterocycles. The van der Waals surface area contributed by atoms with Crippen LogP contribution in [0.3, 0.4) is 0 Å². The van der Waals surface area contributed by atoms with E-state index in [4.69, 9.17) is 0 Å². The third kappa shape index (κ3) is 2.56. The Bertz CT molecular complexity index is 724. The standard InChI is InChI=1S/C18H14F2OS/c19-17(20)18(21,16-7-4-12-22-16)15-10-8-14(9-11-15)13-5-2-1-3-6-13/h1-12,17,21H. The molecule has 1 nitrogen and oxygen atoms in total. The first-order valence-electron chi connectivity index (χ1n) is 6.83. The van der Waals surface area contributed by atoms with Crippen LogP contribution in [0, 0.1) is 0 Å². The Labute approximate surface area is 131 Å². The van der Waals surface area contributed by atoms with Crippen LogP contribution in [0.15, 0.2) is 72.1 Å². The van der Waals surface area contributed by atoms with Gasteiger partial charge in [0.15, 0.2) is 5.60 Å². The number of hydrogen-bond acceptors (Lipinski definition) is 2. The van der Waals surface area contributed by atoms with Gasteiger partial charge in [-0.2, -0.15) is 0 Å². The average Bonchev–Trinajstić information content (AvgIpc) is 3.10. The van der Waals surface area contributed by atoms with Crippen LogP contribution in [0.1, 0.15) is 10.4 Å². The highest BCUT2D eigenvalue weighted by Crippen LogP contribution is 2.38. The molecular weight excluding hydrogens is 302 g/mol. The maximum Gasteiger partial charge on any atom is 0.275 e. The lowest BCUT2D eigenvalue weighted by Crippen LogP contribution is -2.34. The fraction of sp³-hybridized carbons (Fsp3) is 0.111. The Morgan fingerprint density at radius 1 is 0.818 bits per heavy atom. The van der Waals surface area contributed by atoms with Crippen LogP contribution in [0.4, 0.5) is 8.78 Å². The number of benzene rings is 2. The first-order valence-corrected chi connectivity index (χ1v) is 7.71. The van der Waals surface area contributed by atoms with Crippen molar-refractivity contribution in [3.05, 3.63) is 82.6 Å². The summed E-state index contributed by atoms with van der Waals surface area (Å²) in [7, 11) is 0. The topological polar surface area (TPSA) is 20.2 Å². The van der Waals surface area contributed by atoms with Gasteiger partial charge in [0.1, 0.15) is 0 Å². The fourth-order valence-corrected chi connectivity index (χ4v) is 3.27. The molecule has 22 heavy (non-hydrogen) atoms. The van der Waals surface area contributed by atoms with E-state index in [0.29, 0.717) is 0 Å². The minimum absolute atomic E-state index is 0.199. The summed E-state index contributed by atoms with van der Waals surface area (Å²) in [6.45, 7) is 0. The van der Waals surface area contributed by atoms with Crippen molar-refractivity contribution >= 4 is 11.3 Å². The van der Waals surface area contributed by atoms with E-state index in [0.717, 1.165) is 22.5 Å². The maximum absolute atomic E-state index is 13.5. The zero-order valence-electron chi connectivity index (χ0n) is 11.6. The summed E-state index contributed by atoms with van der Waals surface area (Å²) in [4.78, 5) is 0.245. The maximum atomic E-state index is 13.5. The predicted octanol–water partition coefficient (Wildman–Crippen LogP) is 4.92. The molecule has 3 aromatic rings. The van der Waals surface area contributed by atoms with Gasteiger partial charge < -0.3 is 5.11 Å². The molecule has 0 bridgehead atoms. The van der Waals surface area contributed by atoms with E-state index in [2.05, 4.69) is 0 Å². The Hall–Kier alpha value is -2.04. The fourth-order valence-electron chi connectivity index (χ4n) is 2.42. The van der Waals surface area contributed by atoms with Gasteiger partial charge in [-0.3, -0.25) is 0 Å². The van der Waals surface area contributed by atoms with Gasteiger partial charge in [0.2, 0.25) is 0 Å². The van der Waals surface area contributed by atoms with Gasteiger partial charge in [0, 0.05) is 4.88 Å². The normalized spacial score (nSPS) is 14.0. The Morgan fingerprint density at radius 3 is 2.00 bits per heavy atom. The van der Waals surface area contributed by atoms with Crippen LogP contribution in [0.5, 0.6) is 0 Å². The van der Waals surface area contributed by atoms with E-state index in [9.17, 15) is 13.9 Å². The average molecular weight is 316 g/mol. The number of thiophene rings is 1. The molecule has 0 fully saturated rings. The minimum atomic E-state index is -2.89. The quantitative estimate of drug-likeness (QED) is 0.724. The summed E-state index contributed by atoms with van der Waals surface area (Å²) < 4.78 is 27.0. The van der Waals surface area contributed by atoms with Crippen LogP contribution in [0.25, 0.3) is 11.1 Å². The highest BCUT2D eigenvalue weighted by Gasteiger charge is 2.42. The van der Waals surface area contributed by atoms with E-state index in [1.54, 1.807) is 35.7 Å². The molecule has 3 rings (SSSR count). The summed E-state index contributed by atoms with van der Waals surface area (Å²) in [6, 6.07) is 19.5. The molecule has 0 aliphatic heterocycles. The molecule has 0 amide bonds. The zero-order valence-corrected chi connectivity index (χ0v) is 12.4. The van der Waals surface area contributed by atoms with Crippen LogP contribution in [-0.2, 0) is 5.60 Å². The van der Waals surface area contributed by atoms with Crippen LogP contribution < -0.4 is 0 Å². The third-order valence-corrected chi connectivity index (χ3v) is 4.64. The van der Waals surface area contributed by atoms with E-state index in [-0.39, 0.29) is 10.4 Å². The predicted molar refractivity (Wildman–Crippen MR) is 85.2 cm³/mol. The van der Waals surface area contributed by atoms with E-state index >= 15 is 0 Å².